The van der Waals surface area contributed by atoms with Crippen molar-refractivity contribution in [1.29, 1.82) is 0 Å². The molecule has 1 heterocycles. The standard InChI is InChI=1S/C15H23NOS/c1-11-7-14(8-12(2)15(11)17)10-16-9-13-3-5-18-6-4-13/h7-8,13,16-17H,3-6,9-10H2,1-2H3. The molecule has 100 valence electrons. The van der Waals surface area contributed by atoms with Gasteiger partial charge in [0.2, 0.25) is 0 Å². The zero-order chi connectivity index (χ0) is 13.0. The molecule has 0 radical (unpaired) electrons. The molecule has 1 aliphatic heterocycles. The maximum absolute atomic E-state index is 9.74. The lowest BCUT2D eigenvalue weighted by Gasteiger charge is -2.21. The number of benzene rings is 1. The molecular weight excluding hydrogens is 242 g/mol. The van der Waals surface area contributed by atoms with Crippen LogP contribution in [-0.2, 0) is 6.54 Å². The van der Waals surface area contributed by atoms with Crippen LogP contribution in [0.1, 0.15) is 29.5 Å². The summed E-state index contributed by atoms with van der Waals surface area (Å²) in [5.41, 5.74) is 3.22. The van der Waals surface area contributed by atoms with Gasteiger partial charge in [0.1, 0.15) is 5.75 Å². The Balaban J connectivity index is 1.82. The lowest BCUT2D eigenvalue weighted by molar-refractivity contribution is 0.446. The number of hydrogen-bond acceptors (Lipinski definition) is 3. The van der Waals surface area contributed by atoms with Crippen LogP contribution in [0.4, 0.5) is 0 Å². The number of thioether (sulfide) groups is 1. The minimum atomic E-state index is 0.433. The highest BCUT2D eigenvalue weighted by Gasteiger charge is 2.13. The molecule has 1 fully saturated rings. The molecule has 18 heavy (non-hydrogen) atoms. The summed E-state index contributed by atoms with van der Waals surface area (Å²) in [5, 5.41) is 13.3. The van der Waals surface area contributed by atoms with Crippen molar-refractivity contribution >= 4 is 11.8 Å². The number of aryl methyl sites for hydroxylation is 2. The zero-order valence-electron chi connectivity index (χ0n) is 11.3. The first kappa shape index (κ1) is 13.8. The fraction of sp³-hybridized carbons (Fsp3) is 0.600. The maximum Gasteiger partial charge on any atom is 0.121 e. The molecule has 0 atom stereocenters. The Kier molecular flexibility index (Phi) is 4.95. The topological polar surface area (TPSA) is 32.3 Å². The molecule has 2 nitrogen and oxygen atoms in total. The number of hydrogen-bond donors (Lipinski definition) is 2. The lowest BCUT2D eigenvalue weighted by Crippen LogP contribution is -2.25. The van der Waals surface area contributed by atoms with Crippen molar-refractivity contribution in [2.75, 3.05) is 18.1 Å². The maximum atomic E-state index is 9.74. The summed E-state index contributed by atoms with van der Waals surface area (Å²) in [6.45, 7) is 5.96. The van der Waals surface area contributed by atoms with Crippen molar-refractivity contribution in [3.63, 3.8) is 0 Å². The molecule has 2 N–H and O–H groups in total. The Labute approximate surface area is 114 Å². The fourth-order valence-corrected chi connectivity index (χ4v) is 3.72. The Hall–Kier alpha value is -0.670. The Morgan fingerprint density at radius 1 is 1.22 bits per heavy atom. The highest BCUT2D eigenvalue weighted by Crippen LogP contribution is 2.24. The normalized spacial score (nSPS) is 17.0. The van der Waals surface area contributed by atoms with Crippen molar-refractivity contribution in [1.82, 2.24) is 5.32 Å². The molecule has 1 aliphatic rings. The van der Waals surface area contributed by atoms with E-state index in [-0.39, 0.29) is 0 Å². The minimum absolute atomic E-state index is 0.433. The van der Waals surface area contributed by atoms with Crippen molar-refractivity contribution in [2.45, 2.75) is 33.2 Å². The van der Waals surface area contributed by atoms with Gasteiger partial charge >= 0.3 is 0 Å². The van der Waals surface area contributed by atoms with Crippen LogP contribution in [0, 0.1) is 19.8 Å². The van der Waals surface area contributed by atoms with E-state index in [4.69, 9.17) is 0 Å². The second-order valence-electron chi connectivity index (χ2n) is 5.26. The Morgan fingerprint density at radius 3 is 2.44 bits per heavy atom. The van der Waals surface area contributed by atoms with Gasteiger partial charge in [0.05, 0.1) is 0 Å². The van der Waals surface area contributed by atoms with Gasteiger partial charge in [-0.05, 0) is 67.3 Å². The highest BCUT2D eigenvalue weighted by atomic mass is 32.2. The number of phenolic OH excluding ortho intramolecular Hbond substituents is 1. The molecule has 1 saturated heterocycles. The summed E-state index contributed by atoms with van der Waals surface area (Å²) >= 11 is 2.08. The van der Waals surface area contributed by atoms with E-state index in [2.05, 4.69) is 29.2 Å². The van der Waals surface area contributed by atoms with Crippen molar-refractivity contribution in [3.8, 4) is 5.75 Å². The average Bonchev–Trinajstić information content (AvgIpc) is 2.37. The smallest absolute Gasteiger partial charge is 0.121 e. The van der Waals surface area contributed by atoms with Crippen molar-refractivity contribution in [2.24, 2.45) is 5.92 Å². The molecule has 0 saturated carbocycles. The number of nitrogens with one attached hydrogen (secondary N) is 1. The third-order valence-electron chi connectivity index (χ3n) is 3.65. The van der Waals surface area contributed by atoms with E-state index in [9.17, 15) is 5.11 Å². The van der Waals surface area contributed by atoms with E-state index in [0.29, 0.717) is 5.75 Å². The van der Waals surface area contributed by atoms with Crippen LogP contribution in [-0.4, -0.2) is 23.2 Å². The monoisotopic (exact) mass is 265 g/mol. The summed E-state index contributed by atoms with van der Waals surface area (Å²) in [6.07, 6.45) is 2.70. The fourth-order valence-electron chi connectivity index (χ4n) is 2.52. The number of aromatic hydroxyl groups is 1. The highest BCUT2D eigenvalue weighted by molar-refractivity contribution is 7.99. The number of phenols is 1. The summed E-state index contributed by atoms with van der Waals surface area (Å²) in [5.74, 6) is 3.93. The lowest BCUT2D eigenvalue weighted by atomic mass is 10.0. The van der Waals surface area contributed by atoms with Crippen LogP contribution in [0.25, 0.3) is 0 Å². The van der Waals surface area contributed by atoms with E-state index < -0.39 is 0 Å². The van der Waals surface area contributed by atoms with Crippen LogP contribution >= 0.6 is 11.8 Å². The summed E-state index contributed by atoms with van der Waals surface area (Å²) in [7, 11) is 0. The average molecular weight is 265 g/mol. The largest absolute Gasteiger partial charge is 0.507 e. The molecule has 3 heteroatoms. The summed E-state index contributed by atoms with van der Waals surface area (Å²) in [4.78, 5) is 0. The molecule has 0 bridgehead atoms. The Bertz CT molecular complexity index is 376. The second kappa shape index (κ2) is 6.48. The quantitative estimate of drug-likeness (QED) is 0.876. The van der Waals surface area contributed by atoms with Crippen LogP contribution in [0.5, 0.6) is 5.75 Å². The number of rotatable bonds is 4. The van der Waals surface area contributed by atoms with Crippen LogP contribution < -0.4 is 5.32 Å². The minimum Gasteiger partial charge on any atom is -0.507 e. The van der Waals surface area contributed by atoms with Crippen LogP contribution in [0.2, 0.25) is 0 Å². The molecule has 0 unspecified atom stereocenters. The molecule has 0 amide bonds. The van der Waals surface area contributed by atoms with E-state index in [0.717, 1.165) is 30.1 Å². The first-order chi connectivity index (χ1) is 8.66. The summed E-state index contributed by atoms with van der Waals surface area (Å²) in [6, 6.07) is 4.15. The first-order valence-electron chi connectivity index (χ1n) is 6.74. The van der Waals surface area contributed by atoms with Gasteiger partial charge in [-0.15, -0.1) is 0 Å². The first-order valence-corrected chi connectivity index (χ1v) is 7.90. The van der Waals surface area contributed by atoms with Crippen molar-refractivity contribution in [3.05, 3.63) is 28.8 Å². The van der Waals surface area contributed by atoms with Crippen LogP contribution in [0.15, 0.2) is 12.1 Å². The van der Waals surface area contributed by atoms with Crippen LogP contribution in [0.3, 0.4) is 0 Å². The summed E-state index contributed by atoms with van der Waals surface area (Å²) < 4.78 is 0. The Morgan fingerprint density at radius 2 is 1.83 bits per heavy atom. The van der Waals surface area contributed by atoms with Gasteiger partial charge in [-0.25, -0.2) is 0 Å². The van der Waals surface area contributed by atoms with E-state index >= 15 is 0 Å². The van der Waals surface area contributed by atoms with Gasteiger partial charge < -0.3 is 10.4 Å². The molecule has 0 aromatic heterocycles. The zero-order valence-corrected chi connectivity index (χ0v) is 12.1. The molecular formula is C15H23NOS. The molecule has 1 aromatic rings. The van der Waals surface area contributed by atoms with E-state index in [1.54, 1.807) is 0 Å². The predicted octanol–water partition coefficient (Wildman–Crippen LogP) is 3.24. The van der Waals surface area contributed by atoms with Gasteiger partial charge in [0.15, 0.2) is 0 Å². The van der Waals surface area contributed by atoms with Gasteiger partial charge in [-0.3, -0.25) is 0 Å². The van der Waals surface area contributed by atoms with Gasteiger partial charge in [-0.2, -0.15) is 11.8 Å². The molecule has 1 aromatic carbocycles. The van der Waals surface area contributed by atoms with Crippen molar-refractivity contribution < 1.29 is 5.11 Å². The van der Waals surface area contributed by atoms with Gasteiger partial charge in [0.25, 0.3) is 0 Å². The SMILES string of the molecule is Cc1cc(CNCC2CCSCC2)cc(C)c1O. The third-order valence-corrected chi connectivity index (χ3v) is 4.70. The predicted molar refractivity (Wildman–Crippen MR) is 79.3 cm³/mol. The molecule has 2 rings (SSSR count). The second-order valence-corrected chi connectivity index (χ2v) is 6.49. The van der Waals surface area contributed by atoms with Gasteiger partial charge in [0, 0.05) is 6.54 Å². The molecule has 0 spiro atoms. The third kappa shape index (κ3) is 3.66. The van der Waals surface area contributed by atoms with E-state index in [1.807, 2.05) is 13.8 Å². The van der Waals surface area contributed by atoms with E-state index in [1.165, 1.54) is 29.9 Å². The van der Waals surface area contributed by atoms with Gasteiger partial charge in [-0.1, -0.05) is 12.1 Å². The molecule has 0 aliphatic carbocycles.